The summed E-state index contributed by atoms with van der Waals surface area (Å²) in [6.07, 6.45) is 0. The molecule has 230 valence electrons. The number of anilines is 2. The van der Waals surface area contributed by atoms with Crippen molar-refractivity contribution in [1.82, 2.24) is 0 Å². The molecule has 6 aromatic rings. The fourth-order valence-electron chi connectivity index (χ4n) is 4.86. The Bertz CT molecular complexity index is 2260. The molecule has 0 heterocycles. The van der Waals surface area contributed by atoms with Crippen LogP contribution in [0.25, 0.3) is 32.7 Å². The Morgan fingerprint density at radius 3 is 1.52 bits per heavy atom. The van der Waals surface area contributed by atoms with Gasteiger partial charge in [-0.25, -0.2) is 8.42 Å². The smallest absolute Gasteiger partial charge is 0.744 e. The van der Waals surface area contributed by atoms with Gasteiger partial charge in [0.05, 0.1) is 27.6 Å². The van der Waals surface area contributed by atoms with Crippen LogP contribution in [-0.2, 0) is 32.4 Å². The van der Waals surface area contributed by atoms with Gasteiger partial charge in [0.25, 0.3) is 0 Å². The van der Waals surface area contributed by atoms with E-state index in [1.807, 2.05) is 48.5 Å². The fourth-order valence-corrected chi connectivity index (χ4v) is 5.59. The van der Waals surface area contributed by atoms with Gasteiger partial charge in [-0.1, -0.05) is 72.8 Å². The first-order valence-electron chi connectivity index (χ1n) is 13.5. The van der Waals surface area contributed by atoms with Crippen molar-refractivity contribution >= 4 is 78.7 Å². The van der Waals surface area contributed by atoms with E-state index in [0.29, 0.717) is 44.7 Å². The third-order valence-electron chi connectivity index (χ3n) is 7.09. The van der Waals surface area contributed by atoms with Crippen molar-refractivity contribution in [2.75, 3.05) is 11.5 Å². The number of benzene rings is 6. The predicted molar refractivity (Wildman–Crippen MR) is 175 cm³/mol. The summed E-state index contributed by atoms with van der Waals surface area (Å²) in [6.45, 7) is 0. The zero-order valence-corrected chi connectivity index (χ0v) is 31.2. The van der Waals surface area contributed by atoms with Gasteiger partial charge in [-0.05, 0) is 46.5 Å². The van der Waals surface area contributed by atoms with Gasteiger partial charge >= 0.3 is 59.1 Å². The van der Waals surface area contributed by atoms with Crippen LogP contribution in [0.5, 0.6) is 5.75 Å². The minimum Gasteiger partial charge on any atom is -0.744 e. The molecule has 0 radical (unpaired) electrons. The van der Waals surface area contributed by atoms with E-state index < -0.39 is 15.0 Å². The van der Waals surface area contributed by atoms with E-state index >= 15 is 0 Å². The molecular formula is C32H22N6Na2O6S2. The van der Waals surface area contributed by atoms with Crippen molar-refractivity contribution in [3.63, 3.8) is 0 Å². The Morgan fingerprint density at radius 2 is 1.04 bits per heavy atom. The van der Waals surface area contributed by atoms with Crippen molar-refractivity contribution in [2.45, 2.75) is 4.90 Å². The second-order valence-corrected chi connectivity index (χ2v) is 11.4. The Hall–Kier alpha value is -3.38. The first-order valence-corrected chi connectivity index (χ1v) is 15.2. The van der Waals surface area contributed by atoms with E-state index in [1.165, 1.54) is 6.07 Å². The third-order valence-corrected chi connectivity index (χ3v) is 8.02. The zero-order valence-electron chi connectivity index (χ0n) is 25.6. The minimum atomic E-state index is -4.77. The predicted octanol–water partition coefficient (Wildman–Crippen LogP) is 2.27. The summed E-state index contributed by atoms with van der Waals surface area (Å²) in [4.78, 5) is 4.72. The summed E-state index contributed by atoms with van der Waals surface area (Å²) in [5, 5.41) is 23.5. The zero-order chi connectivity index (χ0) is 32.3. The second-order valence-electron chi connectivity index (χ2n) is 9.87. The van der Waals surface area contributed by atoms with Gasteiger partial charge in [-0.2, -0.15) is 10.2 Å². The van der Waals surface area contributed by atoms with Gasteiger partial charge in [0.1, 0.15) is 21.5 Å². The molecule has 0 saturated carbocycles. The first-order chi connectivity index (χ1) is 22.2. The van der Waals surface area contributed by atoms with Crippen molar-refractivity contribution in [1.29, 1.82) is 0 Å². The molecule has 0 aromatic heterocycles. The van der Waals surface area contributed by atoms with Gasteiger partial charge < -0.3 is 38.2 Å². The normalized spacial score (nSPS) is 11.5. The Morgan fingerprint density at radius 1 is 0.604 bits per heavy atom. The van der Waals surface area contributed by atoms with Gasteiger partial charge in [0.2, 0.25) is 0 Å². The van der Waals surface area contributed by atoms with Gasteiger partial charge in [0.15, 0.2) is 5.75 Å². The number of nitrogen functional groups attached to an aromatic ring is 2. The number of azo groups is 2. The van der Waals surface area contributed by atoms with Crippen molar-refractivity contribution in [3.05, 3.63) is 109 Å². The molecule has 0 fully saturated rings. The van der Waals surface area contributed by atoms with Crippen LogP contribution in [0.2, 0.25) is 0 Å². The molecule has 0 bridgehead atoms. The van der Waals surface area contributed by atoms with E-state index in [1.54, 1.807) is 48.5 Å². The quantitative estimate of drug-likeness (QED) is 0.0435. The Kier molecular flexibility index (Phi) is 12.8. The maximum Gasteiger partial charge on any atom is 1.00 e. The Labute approximate surface area is 325 Å². The first kappa shape index (κ1) is 37.4. The summed E-state index contributed by atoms with van der Waals surface area (Å²) in [7, 11) is -4.77. The molecule has 0 spiro atoms. The summed E-state index contributed by atoms with van der Waals surface area (Å²) in [5.74, 6) is 0.308. The van der Waals surface area contributed by atoms with Crippen LogP contribution < -0.4 is 75.5 Å². The SMILES string of the molecule is Nc1c(N=Nc2ccc(-c3ccc(N=Nc4cc(S(=O)(=O)[O-])c5ccccc5c4N)cc3)cc2)cc(OOO[S-])c2ccccc12.[Na+].[Na+]. The number of fused-ring (bicyclic) bond motifs is 2. The fraction of sp³-hybridized carbons (Fsp3) is 0. The van der Waals surface area contributed by atoms with Crippen LogP contribution in [0.15, 0.2) is 135 Å². The van der Waals surface area contributed by atoms with Gasteiger partial charge in [-0.3, -0.25) is 0 Å². The van der Waals surface area contributed by atoms with Crippen molar-refractivity contribution in [3.8, 4) is 16.9 Å². The summed E-state index contributed by atoms with van der Waals surface area (Å²) in [5.41, 5.74) is 16.5. The van der Waals surface area contributed by atoms with E-state index in [0.717, 1.165) is 17.2 Å². The maximum absolute atomic E-state index is 11.9. The Balaban J connectivity index is 0.00000260. The van der Waals surface area contributed by atoms with Crippen LogP contribution in [-0.4, -0.2) is 13.0 Å². The third kappa shape index (κ3) is 8.25. The van der Waals surface area contributed by atoms with Crippen molar-refractivity contribution in [2.24, 2.45) is 20.5 Å². The second kappa shape index (κ2) is 16.3. The largest absolute Gasteiger partial charge is 1.00 e. The molecule has 6 aromatic carbocycles. The van der Waals surface area contributed by atoms with Crippen LogP contribution in [0.4, 0.5) is 34.1 Å². The molecule has 4 N–H and O–H groups in total. The summed E-state index contributed by atoms with van der Waals surface area (Å²) >= 11 is 4.31. The van der Waals surface area contributed by atoms with Crippen LogP contribution in [0.3, 0.4) is 0 Å². The van der Waals surface area contributed by atoms with Gasteiger partial charge in [-0.15, -0.1) is 10.2 Å². The van der Waals surface area contributed by atoms with E-state index in [-0.39, 0.29) is 75.9 Å². The molecule has 48 heavy (non-hydrogen) atoms. The van der Waals surface area contributed by atoms with Crippen LogP contribution >= 0.6 is 0 Å². The number of hydrogen-bond donors (Lipinski definition) is 2. The number of hydrogen-bond acceptors (Lipinski definition) is 13. The topological polar surface area (TPSA) is 186 Å². The molecule has 6 rings (SSSR count). The molecule has 16 heteroatoms. The van der Waals surface area contributed by atoms with Crippen molar-refractivity contribution < 1.29 is 86.3 Å². The van der Waals surface area contributed by atoms with E-state index in [2.05, 4.69) is 42.7 Å². The molecule has 0 aliphatic heterocycles. The monoisotopic (exact) mass is 696 g/mol. The molecule has 12 nitrogen and oxygen atoms in total. The van der Waals surface area contributed by atoms with E-state index in [4.69, 9.17) is 16.4 Å². The standard InChI is InChI=1S/C32H24N6O6S2.2Na/c33-31-25-7-3-1-5-23(25)29(42-43-44-45)17-27(31)37-35-21-13-9-19(10-14-21)20-11-15-22(16-12-20)36-38-28-18-30(46(39,40)41)24-6-2-4-8-26(24)32(28)34;;/h1-18,45H,33-34H2,(H,39,40,41);;/q;2*+1/p-2. The number of nitrogens with zero attached hydrogens (tertiary/aromatic N) is 4. The summed E-state index contributed by atoms with van der Waals surface area (Å²) in [6, 6.07) is 31.1. The molecule has 0 amide bonds. The van der Waals surface area contributed by atoms with E-state index in [9.17, 15) is 13.0 Å². The average Bonchev–Trinajstić information content (AvgIpc) is 3.07. The molecule has 0 saturated heterocycles. The molecule has 0 atom stereocenters. The molecule has 0 aliphatic rings. The van der Waals surface area contributed by atoms with Crippen LogP contribution in [0.1, 0.15) is 0 Å². The summed E-state index contributed by atoms with van der Waals surface area (Å²) < 4.78 is 39.8. The average molecular weight is 697 g/mol. The molecule has 0 aliphatic carbocycles. The number of nitrogens with two attached hydrogens (primary N) is 2. The van der Waals surface area contributed by atoms with Crippen LogP contribution in [0, 0.1) is 0 Å². The molecular weight excluding hydrogens is 675 g/mol. The minimum absolute atomic E-state index is 0. The number of rotatable bonds is 9. The molecule has 0 unspecified atom stereocenters. The van der Waals surface area contributed by atoms with Gasteiger partial charge in [0, 0.05) is 27.6 Å². The maximum atomic E-state index is 11.9.